The average molecular weight is 261 g/mol. The zero-order valence-corrected chi connectivity index (χ0v) is 11.3. The van der Waals surface area contributed by atoms with E-state index >= 15 is 0 Å². The molecule has 1 heterocycles. The summed E-state index contributed by atoms with van der Waals surface area (Å²) in [6.07, 6.45) is 0.499. The highest BCUT2D eigenvalue weighted by atomic mass is 32.2. The first-order valence-electron chi connectivity index (χ1n) is 5.42. The molecule has 0 radical (unpaired) electrons. The van der Waals surface area contributed by atoms with Crippen molar-refractivity contribution in [2.75, 3.05) is 6.61 Å². The van der Waals surface area contributed by atoms with Gasteiger partial charge in [0.15, 0.2) is 0 Å². The van der Waals surface area contributed by atoms with E-state index in [0.717, 1.165) is 0 Å². The van der Waals surface area contributed by atoms with E-state index in [1.807, 2.05) is 6.92 Å². The molecule has 17 heavy (non-hydrogen) atoms. The lowest BCUT2D eigenvalue weighted by molar-refractivity contribution is 0.191. The summed E-state index contributed by atoms with van der Waals surface area (Å²) >= 11 is 0. The minimum Gasteiger partial charge on any atom is -0.394 e. The molecule has 0 amide bonds. The van der Waals surface area contributed by atoms with Crippen LogP contribution in [0.5, 0.6) is 0 Å². The monoisotopic (exact) mass is 261 g/mol. The van der Waals surface area contributed by atoms with Gasteiger partial charge >= 0.3 is 0 Å². The van der Waals surface area contributed by atoms with Crippen LogP contribution in [0, 0.1) is 13.8 Å². The number of hydrogen-bond donors (Lipinski definition) is 3. The van der Waals surface area contributed by atoms with E-state index < -0.39 is 15.6 Å². The largest absolute Gasteiger partial charge is 0.394 e. The number of hydrogen-bond acceptors (Lipinski definition) is 4. The van der Waals surface area contributed by atoms with Crippen LogP contribution in [-0.2, 0) is 10.0 Å². The van der Waals surface area contributed by atoms with Crippen molar-refractivity contribution in [3.8, 4) is 0 Å². The molecule has 6 nitrogen and oxygen atoms in total. The maximum absolute atomic E-state index is 12.2. The summed E-state index contributed by atoms with van der Waals surface area (Å²) in [5, 5.41) is 15.7. The van der Waals surface area contributed by atoms with Crippen molar-refractivity contribution in [1.29, 1.82) is 0 Å². The minimum atomic E-state index is -3.66. The topological polar surface area (TPSA) is 95.1 Å². The molecule has 1 atom stereocenters. The second-order valence-corrected chi connectivity index (χ2v) is 6.06. The molecule has 0 spiro atoms. The zero-order valence-electron chi connectivity index (χ0n) is 10.5. The van der Waals surface area contributed by atoms with Crippen LogP contribution in [0.15, 0.2) is 4.90 Å². The first-order chi connectivity index (χ1) is 7.75. The van der Waals surface area contributed by atoms with Gasteiger partial charge in [0.25, 0.3) is 0 Å². The fraction of sp³-hybridized carbons (Fsp3) is 0.700. The molecule has 98 valence electrons. The van der Waals surface area contributed by atoms with Crippen molar-refractivity contribution in [3.05, 3.63) is 11.4 Å². The molecule has 0 aliphatic carbocycles. The van der Waals surface area contributed by atoms with Crippen LogP contribution < -0.4 is 4.72 Å². The number of nitrogens with zero attached hydrogens (tertiary/aromatic N) is 1. The molecular weight excluding hydrogens is 242 g/mol. The SMILES string of the molecule is CCC(C)(CO)NS(=O)(=O)c1c(C)n[nH]c1C. The highest BCUT2D eigenvalue weighted by molar-refractivity contribution is 7.89. The smallest absolute Gasteiger partial charge is 0.244 e. The molecular formula is C10H19N3O3S. The van der Waals surface area contributed by atoms with Gasteiger partial charge in [-0.25, -0.2) is 13.1 Å². The molecule has 0 saturated carbocycles. The van der Waals surface area contributed by atoms with Gasteiger partial charge in [0.05, 0.1) is 23.5 Å². The number of aliphatic hydroxyl groups excluding tert-OH is 1. The summed E-state index contributed by atoms with van der Waals surface area (Å²) in [5.41, 5.74) is 0.0624. The first-order valence-corrected chi connectivity index (χ1v) is 6.90. The number of aromatic amines is 1. The molecule has 0 aromatic carbocycles. The standard InChI is InChI=1S/C10H19N3O3S/c1-5-10(4,6-14)13-17(15,16)9-7(2)11-12-8(9)3/h13-14H,5-6H2,1-4H3,(H,11,12). The summed E-state index contributed by atoms with van der Waals surface area (Å²) in [6.45, 7) is 6.50. The van der Waals surface area contributed by atoms with Crippen molar-refractivity contribution in [3.63, 3.8) is 0 Å². The number of sulfonamides is 1. The minimum absolute atomic E-state index is 0.158. The van der Waals surface area contributed by atoms with E-state index in [0.29, 0.717) is 17.8 Å². The Balaban J connectivity index is 3.14. The third kappa shape index (κ3) is 2.85. The Morgan fingerprint density at radius 1 is 1.47 bits per heavy atom. The summed E-state index contributed by atoms with van der Waals surface area (Å²) in [4.78, 5) is 0.158. The lowest BCUT2D eigenvalue weighted by Crippen LogP contribution is -2.48. The molecule has 0 fully saturated rings. The summed E-state index contributed by atoms with van der Waals surface area (Å²) in [5.74, 6) is 0. The van der Waals surface area contributed by atoms with Crippen LogP contribution in [0.1, 0.15) is 31.7 Å². The first kappa shape index (κ1) is 14.1. The number of aryl methyl sites for hydroxylation is 2. The number of aliphatic hydroxyl groups is 1. The van der Waals surface area contributed by atoms with Crippen molar-refractivity contribution in [2.24, 2.45) is 0 Å². The van der Waals surface area contributed by atoms with Crippen molar-refractivity contribution >= 4 is 10.0 Å². The maximum Gasteiger partial charge on any atom is 0.244 e. The van der Waals surface area contributed by atoms with Crippen LogP contribution in [0.2, 0.25) is 0 Å². The van der Waals surface area contributed by atoms with E-state index in [2.05, 4.69) is 14.9 Å². The van der Waals surface area contributed by atoms with Crippen molar-refractivity contribution in [1.82, 2.24) is 14.9 Å². The molecule has 1 aromatic rings. The number of nitrogens with one attached hydrogen (secondary N) is 2. The highest BCUT2D eigenvalue weighted by Gasteiger charge is 2.31. The molecule has 0 saturated heterocycles. The second kappa shape index (κ2) is 4.75. The molecule has 0 bridgehead atoms. The third-order valence-corrected chi connectivity index (χ3v) is 4.74. The Bertz CT molecular complexity index is 469. The maximum atomic E-state index is 12.2. The van der Waals surface area contributed by atoms with E-state index in [1.54, 1.807) is 20.8 Å². The molecule has 0 aliphatic heterocycles. The van der Waals surface area contributed by atoms with E-state index in [-0.39, 0.29) is 11.5 Å². The van der Waals surface area contributed by atoms with E-state index in [4.69, 9.17) is 0 Å². The number of rotatable bonds is 5. The van der Waals surface area contributed by atoms with Crippen LogP contribution in [-0.4, -0.2) is 35.9 Å². The predicted octanol–water partition coefficient (Wildman–Crippen LogP) is 0.466. The number of aromatic nitrogens is 2. The fourth-order valence-corrected chi connectivity index (χ4v) is 3.37. The normalized spacial score (nSPS) is 15.8. The van der Waals surface area contributed by atoms with Crippen molar-refractivity contribution < 1.29 is 13.5 Å². The quantitative estimate of drug-likeness (QED) is 0.718. The molecule has 1 aromatic heterocycles. The molecule has 3 N–H and O–H groups in total. The zero-order chi connectivity index (χ0) is 13.3. The van der Waals surface area contributed by atoms with Gasteiger partial charge in [0, 0.05) is 0 Å². The lowest BCUT2D eigenvalue weighted by Gasteiger charge is -2.26. The second-order valence-electron chi connectivity index (χ2n) is 4.44. The molecule has 0 aliphatic rings. The van der Waals surface area contributed by atoms with Gasteiger partial charge in [-0.3, -0.25) is 5.10 Å². The highest BCUT2D eigenvalue weighted by Crippen LogP contribution is 2.20. The Morgan fingerprint density at radius 2 is 2.06 bits per heavy atom. The molecule has 1 rings (SSSR count). The predicted molar refractivity (Wildman–Crippen MR) is 64.2 cm³/mol. The van der Waals surface area contributed by atoms with Crippen LogP contribution in [0.3, 0.4) is 0 Å². The van der Waals surface area contributed by atoms with Gasteiger partial charge in [-0.2, -0.15) is 5.10 Å². The van der Waals surface area contributed by atoms with Gasteiger partial charge in [-0.15, -0.1) is 0 Å². The Morgan fingerprint density at radius 3 is 2.41 bits per heavy atom. The van der Waals surface area contributed by atoms with Gasteiger partial charge in [0.1, 0.15) is 4.90 Å². The Kier molecular flexibility index (Phi) is 3.95. The van der Waals surface area contributed by atoms with Crippen LogP contribution >= 0.6 is 0 Å². The average Bonchev–Trinajstić information content (AvgIpc) is 2.58. The van der Waals surface area contributed by atoms with E-state index in [1.165, 1.54) is 0 Å². The lowest BCUT2D eigenvalue weighted by atomic mass is 10.0. The Labute approximate surface area is 101 Å². The third-order valence-electron chi connectivity index (χ3n) is 2.84. The van der Waals surface area contributed by atoms with Gasteiger partial charge < -0.3 is 5.11 Å². The molecule has 7 heteroatoms. The van der Waals surface area contributed by atoms with Crippen LogP contribution in [0.4, 0.5) is 0 Å². The number of H-pyrrole nitrogens is 1. The van der Waals surface area contributed by atoms with Crippen LogP contribution in [0.25, 0.3) is 0 Å². The summed E-state index contributed by atoms with van der Waals surface area (Å²) in [7, 11) is -3.66. The summed E-state index contributed by atoms with van der Waals surface area (Å²) in [6, 6.07) is 0. The summed E-state index contributed by atoms with van der Waals surface area (Å²) < 4.78 is 26.9. The van der Waals surface area contributed by atoms with Crippen molar-refractivity contribution in [2.45, 2.75) is 44.6 Å². The Hall–Kier alpha value is -0.920. The molecule has 1 unspecified atom stereocenters. The van der Waals surface area contributed by atoms with Gasteiger partial charge in [0.2, 0.25) is 10.0 Å². The van der Waals surface area contributed by atoms with E-state index in [9.17, 15) is 13.5 Å². The fourth-order valence-electron chi connectivity index (χ4n) is 1.53. The van der Waals surface area contributed by atoms with Gasteiger partial charge in [-0.05, 0) is 27.2 Å². The van der Waals surface area contributed by atoms with Gasteiger partial charge in [-0.1, -0.05) is 6.92 Å².